The molecule has 0 bridgehead atoms. The third-order valence-corrected chi connectivity index (χ3v) is 5.23. The summed E-state index contributed by atoms with van der Waals surface area (Å²) in [5, 5.41) is 5.25. The zero-order valence-electron chi connectivity index (χ0n) is 12.9. The van der Waals surface area contributed by atoms with Gasteiger partial charge in [0.2, 0.25) is 0 Å². The molecule has 0 radical (unpaired) electrons. The summed E-state index contributed by atoms with van der Waals surface area (Å²) in [7, 11) is 3.71. The van der Waals surface area contributed by atoms with Gasteiger partial charge in [0, 0.05) is 20.1 Å². The van der Waals surface area contributed by atoms with Crippen LogP contribution in [0.25, 0.3) is 10.2 Å². The van der Waals surface area contributed by atoms with Crippen molar-refractivity contribution in [1.29, 1.82) is 0 Å². The molecule has 0 fully saturated rings. The Morgan fingerprint density at radius 1 is 1.40 bits per heavy atom. The lowest BCUT2D eigenvalue weighted by molar-refractivity contribution is 0.0713. The molecule has 5 nitrogen and oxygen atoms in total. The number of hydrogen-bond acceptors (Lipinski definition) is 4. The second-order valence-electron chi connectivity index (χ2n) is 5.63. The normalized spacial score (nSPS) is 13.2. The molecule has 0 aliphatic rings. The van der Waals surface area contributed by atoms with Crippen LogP contribution in [0, 0.1) is 12.8 Å². The monoisotopic (exact) mass is 294 g/mol. The highest BCUT2D eigenvalue weighted by Crippen LogP contribution is 2.36. The van der Waals surface area contributed by atoms with Gasteiger partial charge in [0.05, 0.1) is 16.8 Å². The number of anilines is 1. The van der Waals surface area contributed by atoms with Crippen molar-refractivity contribution in [3.8, 4) is 0 Å². The lowest BCUT2D eigenvalue weighted by Gasteiger charge is -2.27. The molecule has 110 valence electrons. The second-order valence-corrected chi connectivity index (χ2v) is 6.63. The Hall–Kier alpha value is -1.56. The molecule has 0 aliphatic heterocycles. The third-order valence-electron chi connectivity index (χ3n) is 3.97. The van der Waals surface area contributed by atoms with E-state index in [4.69, 9.17) is 5.73 Å². The molecule has 1 unspecified atom stereocenters. The van der Waals surface area contributed by atoms with E-state index in [1.165, 1.54) is 11.3 Å². The molecule has 1 atom stereocenters. The van der Waals surface area contributed by atoms with Crippen LogP contribution in [-0.4, -0.2) is 33.7 Å². The van der Waals surface area contributed by atoms with Gasteiger partial charge in [-0.1, -0.05) is 13.8 Å². The number of nitrogens with two attached hydrogens (primary N) is 1. The number of carbonyl (C=O) groups is 1. The van der Waals surface area contributed by atoms with Crippen LogP contribution in [0.4, 0.5) is 5.69 Å². The van der Waals surface area contributed by atoms with Crippen LogP contribution >= 0.6 is 11.3 Å². The lowest BCUT2D eigenvalue weighted by atomic mass is 10.1. The van der Waals surface area contributed by atoms with Crippen molar-refractivity contribution in [2.75, 3.05) is 12.8 Å². The summed E-state index contributed by atoms with van der Waals surface area (Å²) in [5.41, 5.74) is 7.61. The van der Waals surface area contributed by atoms with Gasteiger partial charge >= 0.3 is 0 Å². The average molecular weight is 294 g/mol. The predicted octanol–water partition coefficient (Wildman–Crippen LogP) is 2.64. The molecule has 2 aromatic heterocycles. The van der Waals surface area contributed by atoms with Crippen molar-refractivity contribution in [3.63, 3.8) is 0 Å². The zero-order chi connectivity index (χ0) is 15.2. The summed E-state index contributed by atoms with van der Waals surface area (Å²) < 4.78 is 1.79. The Balaban J connectivity index is 2.46. The van der Waals surface area contributed by atoms with E-state index in [1.807, 2.05) is 21.0 Å². The summed E-state index contributed by atoms with van der Waals surface area (Å²) in [4.78, 5) is 16.0. The van der Waals surface area contributed by atoms with Gasteiger partial charge < -0.3 is 10.6 Å². The van der Waals surface area contributed by atoms with E-state index in [2.05, 4.69) is 25.9 Å². The van der Waals surface area contributed by atoms with Gasteiger partial charge in [0.15, 0.2) is 0 Å². The van der Waals surface area contributed by atoms with Crippen LogP contribution in [0.2, 0.25) is 0 Å². The highest BCUT2D eigenvalue weighted by molar-refractivity contribution is 7.21. The van der Waals surface area contributed by atoms with E-state index in [0.29, 0.717) is 16.5 Å². The molecule has 0 aliphatic carbocycles. The van der Waals surface area contributed by atoms with E-state index in [-0.39, 0.29) is 11.9 Å². The summed E-state index contributed by atoms with van der Waals surface area (Å²) in [6, 6.07) is 0.173. The number of amides is 1. The Bertz CT molecular complexity index is 656. The molecular formula is C14H22N4OS. The van der Waals surface area contributed by atoms with Gasteiger partial charge in [-0.05, 0) is 19.8 Å². The lowest BCUT2D eigenvalue weighted by Crippen LogP contribution is -2.38. The minimum Gasteiger partial charge on any atom is -0.397 e. The molecule has 2 rings (SSSR count). The molecule has 0 saturated heterocycles. The van der Waals surface area contributed by atoms with Gasteiger partial charge in [-0.25, -0.2) is 0 Å². The van der Waals surface area contributed by atoms with Crippen LogP contribution < -0.4 is 5.73 Å². The van der Waals surface area contributed by atoms with Crippen LogP contribution in [0.3, 0.4) is 0 Å². The summed E-state index contributed by atoms with van der Waals surface area (Å²) in [6.07, 6.45) is 0. The maximum Gasteiger partial charge on any atom is 0.266 e. The van der Waals surface area contributed by atoms with Crippen LogP contribution in [0.1, 0.15) is 36.1 Å². The number of carbonyl (C=O) groups excluding carboxylic acids is 1. The summed E-state index contributed by atoms with van der Waals surface area (Å²) in [5.74, 6) is 0.396. The minimum absolute atomic E-state index is 0.00991. The van der Waals surface area contributed by atoms with Gasteiger partial charge in [0.1, 0.15) is 9.71 Å². The van der Waals surface area contributed by atoms with Crippen LogP contribution in [-0.2, 0) is 7.05 Å². The largest absolute Gasteiger partial charge is 0.397 e. The Kier molecular flexibility index (Phi) is 3.77. The van der Waals surface area contributed by atoms with Crippen LogP contribution in [0.15, 0.2) is 0 Å². The van der Waals surface area contributed by atoms with Gasteiger partial charge in [-0.3, -0.25) is 9.48 Å². The first-order valence-electron chi connectivity index (χ1n) is 6.74. The molecule has 20 heavy (non-hydrogen) atoms. The Labute approximate surface area is 123 Å². The highest BCUT2D eigenvalue weighted by atomic mass is 32.1. The van der Waals surface area contributed by atoms with Crippen molar-refractivity contribution in [2.24, 2.45) is 13.0 Å². The fourth-order valence-electron chi connectivity index (χ4n) is 2.28. The molecule has 2 N–H and O–H groups in total. The molecule has 0 spiro atoms. The van der Waals surface area contributed by atoms with Gasteiger partial charge in [-0.2, -0.15) is 5.10 Å². The van der Waals surface area contributed by atoms with E-state index in [0.717, 1.165) is 15.9 Å². The van der Waals surface area contributed by atoms with Crippen molar-refractivity contribution in [3.05, 3.63) is 10.6 Å². The van der Waals surface area contributed by atoms with Crippen molar-refractivity contribution >= 4 is 33.1 Å². The first-order valence-corrected chi connectivity index (χ1v) is 7.56. The van der Waals surface area contributed by atoms with Crippen molar-refractivity contribution in [2.45, 2.75) is 33.7 Å². The number of rotatable bonds is 3. The second kappa shape index (κ2) is 5.09. The zero-order valence-corrected chi connectivity index (χ0v) is 13.7. The maximum atomic E-state index is 12.6. The van der Waals surface area contributed by atoms with Crippen molar-refractivity contribution in [1.82, 2.24) is 14.7 Å². The smallest absolute Gasteiger partial charge is 0.266 e. The summed E-state index contributed by atoms with van der Waals surface area (Å²) in [6.45, 7) is 8.19. The fourth-order valence-corrected chi connectivity index (χ4v) is 3.45. The highest BCUT2D eigenvalue weighted by Gasteiger charge is 2.26. The van der Waals surface area contributed by atoms with E-state index < -0.39 is 0 Å². The van der Waals surface area contributed by atoms with Gasteiger partial charge in [0.25, 0.3) is 5.91 Å². The quantitative estimate of drug-likeness (QED) is 0.946. The first-order chi connectivity index (χ1) is 9.25. The SMILES string of the molecule is Cc1nn(C)c2sc(C(=O)N(C)C(C)C(C)C)c(N)c12. The number of aromatic nitrogens is 2. The van der Waals surface area contributed by atoms with E-state index >= 15 is 0 Å². The Morgan fingerprint density at radius 2 is 2.00 bits per heavy atom. The number of aryl methyl sites for hydroxylation is 2. The number of nitrogen functional groups attached to an aromatic ring is 1. The number of hydrogen-bond donors (Lipinski definition) is 1. The summed E-state index contributed by atoms with van der Waals surface area (Å²) >= 11 is 1.42. The Morgan fingerprint density at radius 3 is 2.50 bits per heavy atom. The van der Waals surface area contributed by atoms with E-state index in [1.54, 1.807) is 9.58 Å². The molecular weight excluding hydrogens is 272 g/mol. The van der Waals surface area contributed by atoms with Gasteiger partial charge in [-0.15, -0.1) is 11.3 Å². The number of fused-ring (bicyclic) bond motifs is 1. The van der Waals surface area contributed by atoms with Crippen molar-refractivity contribution < 1.29 is 4.79 Å². The minimum atomic E-state index is -0.00991. The molecule has 1 amide bonds. The van der Waals surface area contributed by atoms with E-state index in [9.17, 15) is 4.79 Å². The average Bonchev–Trinajstić information content (AvgIpc) is 2.86. The molecule has 2 aromatic rings. The molecule has 2 heterocycles. The number of thiophene rings is 1. The number of nitrogens with zero attached hydrogens (tertiary/aromatic N) is 3. The maximum absolute atomic E-state index is 12.6. The topological polar surface area (TPSA) is 64.2 Å². The first kappa shape index (κ1) is 14.8. The fraction of sp³-hybridized carbons (Fsp3) is 0.571. The third kappa shape index (κ3) is 2.18. The predicted molar refractivity (Wildman–Crippen MR) is 84.1 cm³/mol. The molecule has 0 aromatic carbocycles. The molecule has 0 saturated carbocycles. The standard InChI is InChI=1S/C14H22N4OS/c1-7(2)9(4)17(5)13(19)12-11(15)10-8(3)16-18(6)14(10)20-12/h7,9H,15H2,1-6H3. The van der Waals surface area contributed by atoms with Crippen LogP contribution in [0.5, 0.6) is 0 Å². The molecule has 6 heteroatoms.